The molecule has 0 N–H and O–H groups in total. The maximum absolute atomic E-state index is 11.7. The van der Waals surface area contributed by atoms with Crippen LogP contribution in [0.15, 0.2) is 30.3 Å². The molecule has 0 amide bonds. The summed E-state index contributed by atoms with van der Waals surface area (Å²) in [6.07, 6.45) is -2.78. The first-order valence-corrected chi connectivity index (χ1v) is 9.07. The minimum absolute atomic E-state index is 0.155. The van der Waals surface area contributed by atoms with Crippen molar-refractivity contribution in [2.75, 3.05) is 14.2 Å². The molecule has 0 aliphatic carbocycles. The van der Waals surface area contributed by atoms with Crippen LogP contribution in [0.5, 0.6) is 0 Å². The molecule has 0 aromatic heterocycles. The summed E-state index contributed by atoms with van der Waals surface area (Å²) in [7, 11) is 2.86. The minimum atomic E-state index is -2.78. The summed E-state index contributed by atoms with van der Waals surface area (Å²) >= 11 is -0.155. The van der Waals surface area contributed by atoms with Crippen molar-refractivity contribution >= 4 is 20.8 Å². The van der Waals surface area contributed by atoms with Crippen molar-refractivity contribution in [2.24, 2.45) is 0 Å². The van der Waals surface area contributed by atoms with Gasteiger partial charge in [-0.05, 0) is 0 Å². The van der Waals surface area contributed by atoms with Crippen LogP contribution in [0.2, 0.25) is 0 Å². The van der Waals surface area contributed by atoms with Gasteiger partial charge in [-0.2, -0.15) is 0 Å². The van der Waals surface area contributed by atoms with Crippen LogP contribution >= 0.6 is 6.29 Å². The molecule has 78 valence electrons. The first-order chi connectivity index (χ1) is 6.70. The molecule has 0 heterocycles. The average molecular weight is 279 g/mol. The second-order valence-electron chi connectivity index (χ2n) is 2.57. The van der Waals surface area contributed by atoms with Crippen molar-refractivity contribution in [3.8, 4) is 0 Å². The van der Waals surface area contributed by atoms with Gasteiger partial charge >= 0.3 is 89.8 Å². The van der Waals surface area contributed by atoms with Gasteiger partial charge in [-0.25, -0.2) is 0 Å². The van der Waals surface area contributed by atoms with E-state index in [4.69, 9.17) is 9.05 Å². The molecule has 0 radical (unpaired) electrons. The topological polar surface area (TPSA) is 35.5 Å². The van der Waals surface area contributed by atoms with Crippen LogP contribution in [0.3, 0.4) is 0 Å². The fourth-order valence-electron chi connectivity index (χ4n) is 0.908. The quantitative estimate of drug-likeness (QED) is 0.613. The molecule has 0 spiro atoms. The predicted octanol–water partition coefficient (Wildman–Crippen LogP) is 2.29. The zero-order valence-electron chi connectivity index (χ0n) is 8.17. The van der Waals surface area contributed by atoms with E-state index in [1.807, 2.05) is 30.3 Å². The van der Waals surface area contributed by atoms with E-state index in [2.05, 4.69) is 0 Å². The molecule has 0 aliphatic rings. The van der Waals surface area contributed by atoms with Gasteiger partial charge in [0.25, 0.3) is 0 Å². The number of rotatable bonds is 5. The van der Waals surface area contributed by atoms with Gasteiger partial charge in [0.1, 0.15) is 0 Å². The number of benzene rings is 1. The third-order valence-corrected chi connectivity index (χ3v) is 8.40. The third kappa shape index (κ3) is 3.56. The summed E-state index contributed by atoms with van der Waals surface area (Å²) in [5, 5.41) is 0.771. The molecule has 1 aromatic rings. The van der Waals surface area contributed by atoms with Crippen LogP contribution < -0.4 is 0 Å². The molecule has 0 saturated carbocycles. The fraction of sp³-hybridized carbons (Fsp3) is 0.333. The maximum atomic E-state index is 11.7. The van der Waals surface area contributed by atoms with Gasteiger partial charge in [0.2, 0.25) is 0 Å². The fourth-order valence-corrected chi connectivity index (χ4v) is 5.24. The van der Waals surface area contributed by atoms with E-state index in [0.717, 1.165) is 5.32 Å². The Balaban J connectivity index is 2.52. The predicted molar refractivity (Wildman–Crippen MR) is 57.5 cm³/mol. The molecule has 0 atom stereocenters. The van der Waals surface area contributed by atoms with Gasteiger partial charge in [-0.3, -0.25) is 0 Å². The van der Waals surface area contributed by atoms with Gasteiger partial charge in [0.05, 0.1) is 0 Å². The van der Waals surface area contributed by atoms with Crippen LogP contribution in [0.1, 0.15) is 5.56 Å². The standard InChI is InChI=1S/C9H13O3PSe/c1-11-13(10,12-2)14-8-9-6-4-3-5-7-9/h3-7H,8H2,1-2H3. The molecule has 1 aromatic carbocycles. The molecule has 0 bridgehead atoms. The van der Waals surface area contributed by atoms with E-state index >= 15 is 0 Å². The Morgan fingerprint density at radius 1 is 1.21 bits per heavy atom. The number of hydrogen-bond acceptors (Lipinski definition) is 3. The summed E-state index contributed by atoms with van der Waals surface area (Å²) in [6.45, 7) is 0. The zero-order chi connectivity index (χ0) is 10.4. The molecule has 3 nitrogen and oxygen atoms in total. The van der Waals surface area contributed by atoms with Gasteiger partial charge in [-0.15, -0.1) is 0 Å². The van der Waals surface area contributed by atoms with Crippen LogP contribution in [-0.2, 0) is 18.9 Å². The molecule has 0 unspecified atom stereocenters. The van der Waals surface area contributed by atoms with Crippen molar-refractivity contribution in [3.05, 3.63) is 35.9 Å². The molecular formula is C9H13O3PSe. The Morgan fingerprint density at radius 3 is 2.29 bits per heavy atom. The molecule has 0 fully saturated rings. The van der Waals surface area contributed by atoms with Gasteiger partial charge in [0.15, 0.2) is 0 Å². The summed E-state index contributed by atoms with van der Waals surface area (Å²) in [5.74, 6) is 0. The third-order valence-electron chi connectivity index (χ3n) is 1.68. The van der Waals surface area contributed by atoms with Gasteiger partial charge < -0.3 is 0 Å². The van der Waals surface area contributed by atoms with Crippen LogP contribution in [0.4, 0.5) is 0 Å². The van der Waals surface area contributed by atoms with E-state index in [1.165, 1.54) is 19.8 Å². The Morgan fingerprint density at radius 2 is 1.79 bits per heavy atom. The monoisotopic (exact) mass is 280 g/mol. The van der Waals surface area contributed by atoms with Crippen molar-refractivity contribution in [1.29, 1.82) is 0 Å². The molecule has 0 saturated heterocycles. The Labute approximate surface area is 90.1 Å². The van der Waals surface area contributed by atoms with Crippen molar-refractivity contribution in [3.63, 3.8) is 0 Å². The zero-order valence-corrected chi connectivity index (χ0v) is 10.8. The molecule has 0 aliphatic heterocycles. The Kier molecular flexibility index (Phi) is 4.86. The van der Waals surface area contributed by atoms with E-state index in [1.54, 1.807) is 0 Å². The normalized spacial score (nSPS) is 11.6. The molecule has 1 rings (SSSR count). The SMILES string of the molecule is COP(=O)(OC)[Se]Cc1ccccc1. The van der Waals surface area contributed by atoms with Crippen molar-refractivity contribution in [2.45, 2.75) is 5.32 Å². The second kappa shape index (κ2) is 5.69. The van der Waals surface area contributed by atoms with E-state index in [9.17, 15) is 4.57 Å². The van der Waals surface area contributed by atoms with Crippen molar-refractivity contribution < 1.29 is 13.6 Å². The summed E-state index contributed by atoms with van der Waals surface area (Å²) in [4.78, 5) is 0. The molecular weight excluding hydrogens is 266 g/mol. The summed E-state index contributed by atoms with van der Waals surface area (Å²) in [5.41, 5.74) is 1.17. The second-order valence-corrected chi connectivity index (χ2v) is 9.50. The summed E-state index contributed by atoms with van der Waals surface area (Å²) < 4.78 is 21.4. The number of hydrogen-bond donors (Lipinski definition) is 0. The van der Waals surface area contributed by atoms with Crippen LogP contribution in [0.25, 0.3) is 0 Å². The van der Waals surface area contributed by atoms with Gasteiger partial charge in [-0.1, -0.05) is 0 Å². The van der Waals surface area contributed by atoms with Crippen LogP contribution in [-0.4, -0.2) is 28.7 Å². The Hall–Kier alpha value is -0.111. The summed E-state index contributed by atoms with van der Waals surface area (Å²) in [6, 6.07) is 9.92. The first kappa shape index (κ1) is 12.0. The molecule has 5 heteroatoms. The van der Waals surface area contributed by atoms with Gasteiger partial charge in [0, 0.05) is 0 Å². The van der Waals surface area contributed by atoms with E-state index < -0.39 is 6.29 Å². The molecule has 14 heavy (non-hydrogen) atoms. The first-order valence-electron chi connectivity index (χ1n) is 4.10. The van der Waals surface area contributed by atoms with E-state index in [-0.39, 0.29) is 14.5 Å². The Bertz CT molecular complexity index is 307. The van der Waals surface area contributed by atoms with Crippen molar-refractivity contribution in [1.82, 2.24) is 0 Å². The average Bonchev–Trinajstić information content (AvgIpc) is 2.27. The van der Waals surface area contributed by atoms with Crippen LogP contribution in [0, 0.1) is 0 Å². The van der Waals surface area contributed by atoms with E-state index in [0.29, 0.717) is 0 Å².